The molecule has 0 aliphatic heterocycles. The number of carboxylic acid groups (broad SMARTS) is 1. The van der Waals surface area contributed by atoms with Gasteiger partial charge < -0.3 is 15.2 Å². The molecule has 5 nitrogen and oxygen atoms in total. The molecule has 1 aliphatic carbocycles. The van der Waals surface area contributed by atoms with Crippen LogP contribution in [-0.2, 0) is 15.0 Å². The fraction of sp³-hybridized carbons (Fsp3) is 0.448. The van der Waals surface area contributed by atoms with E-state index in [4.69, 9.17) is 4.74 Å². The van der Waals surface area contributed by atoms with E-state index in [0.717, 1.165) is 53.8 Å². The van der Waals surface area contributed by atoms with Gasteiger partial charge in [-0.15, -0.1) is 0 Å². The second kappa shape index (κ2) is 10.9. The van der Waals surface area contributed by atoms with Crippen LogP contribution in [-0.4, -0.2) is 30.0 Å². The number of aryl methyl sites for hydroxylation is 2. The van der Waals surface area contributed by atoms with Gasteiger partial charge in [-0.25, -0.2) is 0 Å². The summed E-state index contributed by atoms with van der Waals surface area (Å²) in [5.74, 6) is -0.0264. The number of aliphatic carboxylic acids is 1. The fourth-order valence-corrected chi connectivity index (χ4v) is 4.68. The number of rotatable bonds is 12. The molecule has 2 aromatic carbocycles. The lowest BCUT2D eigenvalue weighted by molar-refractivity contribution is -0.135. The van der Waals surface area contributed by atoms with Crippen molar-refractivity contribution in [3.63, 3.8) is 0 Å². The van der Waals surface area contributed by atoms with Crippen molar-refractivity contribution in [2.75, 3.05) is 13.2 Å². The number of allylic oxidation sites excluding steroid dienone is 1. The average molecular weight is 464 g/mol. The number of nitrogens with one attached hydrogen (secondary N) is 1. The Balaban J connectivity index is 2.01. The highest BCUT2D eigenvalue weighted by atomic mass is 16.5. The third kappa shape index (κ3) is 5.52. The molecule has 0 amide bonds. The zero-order chi connectivity index (χ0) is 24.9. The molecule has 3 rings (SSSR count). The van der Waals surface area contributed by atoms with Gasteiger partial charge in [-0.2, -0.15) is 0 Å². The first kappa shape index (κ1) is 25.5. The standard InChI is InChI=1S/C29H37NO4/c1-6-24(31)18-34-26-14-13-22(15-20(26)5)29(7-2,8-3)23-12-9-19(4)25(16-23)28(21-10-11-21)30-17-27(32)33/h9,12-16,30H,6-8,10-11,17-18H2,1-5H3,(H,32,33). The molecule has 1 fully saturated rings. The maximum Gasteiger partial charge on any atom is 0.322 e. The molecule has 182 valence electrons. The molecule has 0 spiro atoms. The molecule has 2 aromatic rings. The number of carbonyl (C=O) groups is 2. The summed E-state index contributed by atoms with van der Waals surface area (Å²) in [6, 6.07) is 12.9. The Morgan fingerprint density at radius 2 is 1.62 bits per heavy atom. The van der Waals surface area contributed by atoms with Crippen molar-refractivity contribution < 1.29 is 19.4 Å². The zero-order valence-corrected chi connectivity index (χ0v) is 21.1. The Morgan fingerprint density at radius 1 is 0.971 bits per heavy atom. The maximum atomic E-state index is 11.7. The normalized spacial score (nSPS) is 12.9. The third-order valence-electron chi connectivity index (χ3n) is 7.05. The maximum absolute atomic E-state index is 11.7. The third-order valence-corrected chi connectivity index (χ3v) is 7.05. The molecule has 0 heterocycles. The van der Waals surface area contributed by atoms with Crippen molar-refractivity contribution in [2.24, 2.45) is 0 Å². The first-order valence-corrected chi connectivity index (χ1v) is 12.3. The second-order valence-corrected chi connectivity index (χ2v) is 9.21. The minimum absolute atomic E-state index is 0.0869. The molecule has 0 aromatic heterocycles. The number of benzene rings is 2. The van der Waals surface area contributed by atoms with E-state index in [2.05, 4.69) is 56.4 Å². The molecule has 34 heavy (non-hydrogen) atoms. The van der Waals surface area contributed by atoms with Crippen LogP contribution in [0.25, 0.3) is 5.70 Å². The van der Waals surface area contributed by atoms with Gasteiger partial charge in [-0.05, 0) is 79.5 Å². The number of ether oxygens (including phenoxy) is 1. The van der Waals surface area contributed by atoms with E-state index in [9.17, 15) is 14.7 Å². The van der Waals surface area contributed by atoms with Crippen LogP contribution in [0.2, 0.25) is 0 Å². The highest BCUT2D eigenvalue weighted by Gasteiger charge is 2.32. The summed E-state index contributed by atoms with van der Waals surface area (Å²) >= 11 is 0. The summed E-state index contributed by atoms with van der Waals surface area (Å²) in [5, 5.41) is 12.4. The summed E-state index contributed by atoms with van der Waals surface area (Å²) in [4.78, 5) is 22.9. The largest absolute Gasteiger partial charge is 0.486 e. The molecule has 1 saturated carbocycles. The van der Waals surface area contributed by atoms with E-state index in [1.54, 1.807) is 0 Å². The van der Waals surface area contributed by atoms with E-state index in [-0.39, 0.29) is 24.3 Å². The lowest BCUT2D eigenvalue weighted by atomic mass is 9.69. The molecular weight excluding hydrogens is 426 g/mol. The molecule has 0 unspecified atom stereocenters. The van der Waals surface area contributed by atoms with Crippen molar-refractivity contribution >= 4 is 17.4 Å². The highest BCUT2D eigenvalue weighted by molar-refractivity contribution is 5.79. The fourth-order valence-electron chi connectivity index (χ4n) is 4.68. The number of carbonyl (C=O) groups excluding carboxylic acids is 1. The van der Waals surface area contributed by atoms with Crippen LogP contribution < -0.4 is 10.1 Å². The Bertz CT molecular complexity index is 1090. The van der Waals surface area contributed by atoms with Crippen LogP contribution >= 0.6 is 0 Å². The average Bonchev–Trinajstić information content (AvgIpc) is 3.66. The molecule has 0 saturated heterocycles. The van der Waals surface area contributed by atoms with Crippen LogP contribution in [0.1, 0.15) is 80.7 Å². The topological polar surface area (TPSA) is 75.6 Å². The molecule has 0 atom stereocenters. The van der Waals surface area contributed by atoms with Crippen molar-refractivity contribution in [1.29, 1.82) is 0 Å². The van der Waals surface area contributed by atoms with E-state index in [0.29, 0.717) is 6.42 Å². The van der Waals surface area contributed by atoms with E-state index >= 15 is 0 Å². The summed E-state index contributed by atoms with van der Waals surface area (Å²) < 4.78 is 5.76. The number of hydrogen-bond acceptors (Lipinski definition) is 4. The van der Waals surface area contributed by atoms with Crippen LogP contribution in [0.4, 0.5) is 0 Å². The van der Waals surface area contributed by atoms with Gasteiger partial charge in [0.05, 0.1) is 0 Å². The number of Topliss-reactive ketones (excluding diaryl/α,β-unsaturated/α-hetero) is 1. The van der Waals surface area contributed by atoms with Crippen molar-refractivity contribution in [3.05, 3.63) is 69.8 Å². The molecule has 5 heteroatoms. The predicted molar refractivity (Wildman–Crippen MR) is 136 cm³/mol. The summed E-state index contributed by atoms with van der Waals surface area (Å²) in [6.45, 7) is 10.4. The Hall–Kier alpha value is -3.08. The van der Waals surface area contributed by atoms with E-state index in [1.165, 1.54) is 16.7 Å². The van der Waals surface area contributed by atoms with Gasteiger partial charge in [-0.3, -0.25) is 9.59 Å². The predicted octanol–water partition coefficient (Wildman–Crippen LogP) is 5.95. The summed E-state index contributed by atoms with van der Waals surface area (Å²) in [5.41, 5.74) is 7.77. The van der Waals surface area contributed by atoms with Crippen molar-refractivity contribution in [1.82, 2.24) is 5.32 Å². The second-order valence-electron chi connectivity index (χ2n) is 9.21. The van der Waals surface area contributed by atoms with Gasteiger partial charge in [0.1, 0.15) is 18.9 Å². The van der Waals surface area contributed by atoms with Gasteiger partial charge >= 0.3 is 5.97 Å². The quantitative estimate of drug-likeness (QED) is 0.407. The molecule has 2 N–H and O–H groups in total. The molecule has 0 radical (unpaired) electrons. The van der Waals surface area contributed by atoms with Gasteiger partial charge in [0.25, 0.3) is 0 Å². The monoisotopic (exact) mass is 463 g/mol. The smallest absolute Gasteiger partial charge is 0.322 e. The molecule has 1 aliphatic rings. The van der Waals surface area contributed by atoms with Gasteiger partial charge in [0.15, 0.2) is 5.78 Å². The van der Waals surface area contributed by atoms with Gasteiger partial charge in [0.2, 0.25) is 0 Å². The number of ketones is 1. The van der Waals surface area contributed by atoms with E-state index in [1.807, 2.05) is 19.9 Å². The molecular formula is C29H37NO4. The van der Waals surface area contributed by atoms with Crippen LogP contribution in [0.5, 0.6) is 5.75 Å². The van der Waals surface area contributed by atoms with Crippen LogP contribution in [0.15, 0.2) is 42.0 Å². The van der Waals surface area contributed by atoms with E-state index < -0.39 is 5.97 Å². The lowest BCUT2D eigenvalue weighted by Gasteiger charge is -2.34. The Kier molecular flexibility index (Phi) is 8.19. The summed E-state index contributed by atoms with van der Waals surface area (Å²) in [7, 11) is 0. The first-order valence-electron chi connectivity index (χ1n) is 12.3. The van der Waals surface area contributed by atoms with Crippen LogP contribution in [0, 0.1) is 13.8 Å². The summed E-state index contributed by atoms with van der Waals surface area (Å²) in [6.07, 6.45) is 4.35. The van der Waals surface area contributed by atoms with Crippen molar-refractivity contribution in [3.8, 4) is 5.75 Å². The first-order chi connectivity index (χ1) is 16.2. The SMILES string of the molecule is CCC(=O)COc1ccc(C(CC)(CC)c2ccc(C)c(C(NCC(=O)O)=C3CC3)c2)cc1C. The minimum Gasteiger partial charge on any atom is -0.486 e. The zero-order valence-electron chi connectivity index (χ0n) is 21.1. The molecule has 0 bridgehead atoms. The highest BCUT2D eigenvalue weighted by Crippen LogP contribution is 2.43. The van der Waals surface area contributed by atoms with Crippen LogP contribution in [0.3, 0.4) is 0 Å². The number of hydrogen-bond donors (Lipinski definition) is 2. The van der Waals surface area contributed by atoms with Crippen molar-refractivity contribution in [2.45, 2.75) is 72.1 Å². The minimum atomic E-state index is -0.859. The van der Waals surface area contributed by atoms with Gasteiger partial charge in [-0.1, -0.05) is 45.0 Å². The number of carboxylic acids is 1. The Labute approximate surface area is 203 Å². The van der Waals surface area contributed by atoms with Gasteiger partial charge in [0, 0.05) is 23.1 Å². The lowest BCUT2D eigenvalue weighted by Crippen LogP contribution is -2.27. The Morgan fingerprint density at radius 3 is 2.18 bits per heavy atom.